The van der Waals surface area contributed by atoms with Gasteiger partial charge in [0.05, 0.1) is 17.6 Å². The van der Waals surface area contributed by atoms with Gasteiger partial charge in [-0.15, -0.1) is 0 Å². The summed E-state index contributed by atoms with van der Waals surface area (Å²) in [7, 11) is 0. The standard InChI is InChI=1S/C14H23NO/c1-2-4-13(10-15)14(16)8-3-5-12(9-14)11-6-7-11/h11-13,16H,2-9H2,1H3. The molecule has 0 heterocycles. The predicted octanol–water partition coefficient (Wildman–Crippen LogP) is 3.26. The molecule has 2 nitrogen and oxygen atoms in total. The summed E-state index contributed by atoms with van der Waals surface area (Å²) in [6, 6.07) is 2.34. The Hall–Kier alpha value is -0.550. The molecule has 3 atom stereocenters. The van der Waals surface area contributed by atoms with E-state index in [1.54, 1.807) is 0 Å². The molecule has 0 bridgehead atoms. The van der Waals surface area contributed by atoms with E-state index in [0.29, 0.717) is 5.92 Å². The SMILES string of the molecule is CCCC(C#N)C1(O)CCCC(C2CC2)C1. The van der Waals surface area contributed by atoms with Crippen molar-refractivity contribution in [3.05, 3.63) is 0 Å². The highest BCUT2D eigenvalue weighted by Crippen LogP contribution is 2.48. The van der Waals surface area contributed by atoms with Gasteiger partial charge in [-0.2, -0.15) is 5.26 Å². The van der Waals surface area contributed by atoms with Gasteiger partial charge in [0.15, 0.2) is 0 Å². The molecule has 0 radical (unpaired) electrons. The van der Waals surface area contributed by atoms with Gasteiger partial charge in [0, 0.05) is 0 Å². The summed E-state index contributed by atoms with van der Waals surface area (Å²) >= 11 is 0. The van der Waals surface area contributed by atoms with E-state index in [4.69, 9.17) is 0 Å². The molecule has 0 aromatic rings. The Morgan fingerprint density at radius 2 is 2.12 bits per heavy atom. The first-order chi connectivity index (χ1) is 7.69. The maximum Gasteiger partial charge on any atom is 0.0808 e. The molecule has 2 saturated carbocycles. The maximum atomic E-state index is 10.7. The monoisotopic (exact) mass is 221 g/mol. The Labute approximate surface area is 98.7 Å². The summed E-state index contributed by atoms with van der Waals surface area (Å²) in [6.07, 6.45) is 8.66. The van der Waals surface area contributed by atoms with Gasteiger partial charge in [0.25, 0.3) is 0 Å². The second-order valence-corrected chi connectivity index (χ2v) is 5.77. The molecule has 2 aliphatic carbocycles. The molecule has 0 spiro atoms. The molecular formula is C14H23NO. The molecule has 2 aliphatic rings. The fraction of sp³-hybridized carbons (Fsp3) is 0.929. The average Bonchev–Trinajstić information content (AvgIpc) is 3.09. The molecule has 90 valence electrons. The number of nitriles is 1. The van der Waals surface area contributed by atoms with E-state index >= 15 is 0 Å². The van der Waals surface area contributed by atoms with E-state index in [0.717, 1.165) is 38.0 Å². The summed E-state index contributed by atoms with van der Waals surface area (Å²) in [6.45, 7) is 2.09. The van der Waals surface area contributed by atoms with Gasteiger partial charge in [-0.05, 0) is 50.4 Å². The second-order valence-electron chi connectivity index (χ2n) is 5.77. The molecule has 1 N–H and O–H groups in total. The van der Waals surface area contributed by atoms with Gasteiger partial charge in [-0.1, -0.05) is 19.8 Å². The molecule has 2 rings (SSSR count). The van der Waals surface area contributed by atoms with Crippen LogP contribution in [0.5, 0.6) is 0 Å². The molecule has 16 heavy (non-hydrogen) atoms. The van der Waals surface area contributed by atoms with Gasteiger partial charge in [0.1, 0.15) is 0 Å². The second kappa shape index (κ2) is 4.75. The third kappa shape index (κ3) is 2.40. The first kappa shape index (κ1) is 11.9. The van der Waals surface area contributed by atoms with Crippen LogP contribution in [0.3, 0.4) is 0 Å². The Kier molecular flexibility index (Phi) is 3.54. The van der Waals surface area contributed by atoms with Crippen molar-refractivity contribution in [2.45, 2.75) is 63.9 Å². The highest BCUT2D eigenvalue weighted by molar-refractivity contribution is 5.03. The fourth-order valence-corrected chi connectivity index (χ4v) is 3.36. The van der Waals surface area contributed by atoms with Crippen molar-refractivity contribution < 1.29 is 5.11 Å². The minimum atomic E-state index is -0.670. The minimum Gasteiger partial charge on any atom is -0.389 e. The number of hydrogen-bond donors (Lipinski definition) is 1. The van der Waals surface area contributed by atoms with E-state index in [-0.39, 0.29) is 5.92 Å². The Balaban J connectivity index is 2.01. The van der Waals surface area contributed by atoms with Crippen molar-refractivity contribution in [3.63, 3.8) is 0 Å². The van der Waals surface area contributed by atoms with E-state index in [1.807, 2.05) is 0 Å². The lowest BCUT2D eigenvalue weighted by Gasteiger charge is -2.40. The van der Waals surface area contributed by atoms with Crippen LogP contribution in [-0.2, 0) is 0 Å². The van der Waals surface area contributed by atoms with Crippen LogP contribution in [0.2, 0.25) is 0 Å². The number of aliphatic hydroxyl groups is 1. The van der Waals surface area contributed by atoms with Crippen LogP contribution in [0.15, 0.2) is 0 Å². The summed E-state index contributed by atoms with van der Waals surface area (Å²) in [4.78, 5) is 0. The zero-order valence-electron chi connectivity index (χ0n) is 10.3. The smallest absolute Gasteiger partial charge is 0.0808 e. The summed E-state index contributed by atoms with van der Waals surface area (Å²) < 4.78 is 0. The Morgan fingerprint density at radius 3 is 2.69 bits per heavy atom. The lowest BCUT2D eigenvalue weighted by Crippen LogP contribution is -2.42. The van der Waals surface area contributed by atoms with Crippen LogP contribution in [0.4, 0.5) is 0 Å². The van der Waals surface area contributed by atoms with Crippen LogP contribution in [0, 0.1) is 29.1 Å². The number of rotatable bonds is 4. The van der Waals surface area contributed by atoms with Gasteiger partial charge < -0.3 is 5.11 Å². The molecule has 2 heteroatoms. The van der Waals surface area contributed by atoms with Crippen molar-refractivity contribution in [2.75, 3.05) is 0 Å². The summed E-state index contributed by atoms with van der Waals surface area (Å²) in [5, 5.41) is 19.9. The molecular weight excluding hydrogens is 198 g/mol. The molecule has 0 aromatic heterocycles. The van der Waals surface area contributed by atoms with Gasteiger partial charge in [-0.25, -0.2) is 0 Å². The van der Waals surface area contributed by atoms with E-state index < -0.39 is 5.60 Å². The fourth-order valence-electron chi connectivity index (χ4n) is 3.36. The van der Waals surface area contributed by atoms with Crippen molar-refractivity contribution in [1.29, 1.82) is 5.26 Å². The van der Waals surface area contributed by atoms with Crippen LogP contribution >= 0.6 is 0 Å². The van der Waals surface area contributed by atoms with Crippen molar-refractivity contribution in [2.24, 2.45) is 17.8 Å². The first-order valence-electron chi connectivity index (χ1n) is 6.81. The van der Waals surface area contributed by atoms with Gasteiger partial charge in [-0.3, -0.25) is 0 Å². The molecule has 0 aromatic carbocycles. The maximum absolute atomic E-state index is 10.7. The lowest BCUT2D eigenvalue weighted by molar-refractivity contribution is -0.0535. The Morgan fingerprint density at radius 1 is 1.38 bits per heavy atom. The van der Waals surface area contributed by atoms with E-state index in [2.05, 4.69) is 13.0 Å². The summed E-state index contributed by atoms with van der Waals surface area (Å²) in [5.74, 6) is 1.43. The van der Waals surface area contributed by atoms with Crippen molar-refractivity contribution in [1.82, 2.24) is 0 Å². The van der Waals surface area contributed by atoms with E-state index in [9.17, 15) is 10.4 Å². The van der Waals surface area contributed by atoms with Crippen molar-refractivity contribution in [3.8, 4) is 6.07 Å². The average molecular weight is 221 g/mol. The van der Waals surface area contributed by atoms with Gasteiger partial charge >= 0.3 is 0 Å². The highest BCUT2D eigenvalue weighted by Gasteiger charge is 2.44. The van der Waals surface area contributed by atoms with Crippen LogP contribution in [0.1, 0.15) is 58.3 Å². The normalized spacial score (nSPS) is 36.7. The quantitative estimate of drug-likeness (QED) is 0.792. The van der Waals surface area contributed by atoms with Gasteiger partial charge in [0.2, 0.25) is 0 Å². The molecule has 0 amide bonds. The third-order valence-electron chi connectivity index (χ3n) is 4.47. The zero-order chi connectivity index (χ0) is 11.6. The Bertz CT molecular complexity index is 279. The number of hydrogen-bond acceptors (Lipinski definition) is 2. The highest BCUT2D eigenvalue weighted by atomic mass is 16.3. The lowest BCUT2D eigenvalue weighted by atomic mass is 9.69. The molecule has 3 unspecified atom stereocenters. The topological polar surface area (TPSA) is 44.0 Å². The number of nitrogens with zero attached hydrogens (tertiary/aromatic N) is 1. The van der Waals surface area contributed by atoms with Crippen LogP contribution in [0.25, 0.3) is 0 Å². The largest absolute Gasteiger partial charge is 0.389 e. The zero-order valence-corrected chi connectivity index (χ0v) is 10.3. The third-order valence-corrected chi connectivity index (χ3v) is 4.47. The van der Waals surface area contributed by atoms with E-state index in [1.165, 1.54) is 19.3 Å². The molecule has 2 fully saturated rings. The molecule has 0 aliphatic heterocycles. The molecule has 0 saturated heterocycles. The van der Waals surface area contributed by atoms with Crippen molar-refractivity contribution >= 4 is 0 Å². The summed E-state index contributed by atoms with van der Waals surface area (Å²) in [5.41, 5.74) is -0.670. The van der Waals surface area contributed by atoms with Crippen LogP contribution < -0.4 is 0 Å². The predicted molar refractivity (Wildman–Crippen MR) is 63.6 cm³/mol. The minimum absolute atomic E-state index is 0.140. The first-order valence-corrected chi connectivity index (χ1v) is 6.81. The van der Waals surface area contributed by atoms with Crippen LogP contribution in [-0.4, -0.2) is 10.7 Å².